The summed E-state index contributed by atoms with van der Waals surface area (Å²) in [5.41, 5.74) is 0.782. The van der Waals surface area contributed by atoms with Crippen LogP contribution in [0.1, 0.15) is 45.1 Å². The lowest BCUT2D eigenvalue weighted by molar-refractivity contribution is -0.133. The molecule has 2 rings (SSSR count). The van der Waals surface area contributed by atoms with Gasteiger partial charge >= 0.3 is 0 Å². The van der Waals surface area contributed by atoms with Crippen molar-refractivity contribution in [1.82, 2.24) is 10.2 Å². The average Bonchev–Trinajstić information content (AvgIpc) is 2.99. The van der Waals surface area contributed by atoms with E-state index in [1.165, 1.54) is 12.1 Å². The first kappa shape index (κ1) is 18.4. The van der Waals surface area contributed by atoms with Crippen molar-refractivity contribution in [3.05, 3.63) is 35.6 Å². The Hall–Kier alpha value is -1.91. The number of nitrogens with one attached hydrogen (secondary N) is 1. The van der Waals surface area contributed by atoms with Crippen LogP contribution in [0.3, 0.4) is 0 Å². The minimum atomic E-state index is -0.327. The summed E-state index contributed by atoms with van der Waals surface area (Å²) in [6.07, 6.45) is 1.94. The fourth-order valence-electron chi connectivity index (χ4n) is 3.21. The van der Waals surface area contributed by atoms with Crippen molar-refractivity contribution in [3.63, 3.8) is 0 Å². The first-order chi connectivity index (χ1) is 11.4. The fourth-order valence-corrected chi connectivity index (χ4v) is 3.21. The third kappa shape index (κ3) is 4.34. The first-order valence-electron chi connectivity index (χ1n) is 8.76. The van der Waals surface area contributed by atoms with Crippen LogP contribution in [-0.4, -0.2) is 36.3 Å². The first-order valence-corrected chi connectivity index (χ1v) is 8.76. The quantitative estimate of drug-likeness (QED) is 0.813. The summed E-state index contributed by atoms with van der Waals surface area (Å²) >= 11 is 0. The molecule has 0 saturated carbocycles. The zero-order chi connectivity index (χ0) is 17.7. The Bertz CT molecular complexity index is 588. The van der Waals surface area contributed by atoms with Crippen LogP contribution in [0.25, 0.3) is 0 Å². The van der Waals surface area contributed by atoms with E-state index in [1.807, 2.05) is 19.9 Å². The Balaban J connectivity index is 2.19. The van der Waals surface area contributed by atoms with E-state index >= 15 is 0 Å². The molecule has 2 atom stereocenters. The van der Waals surface area contributed by atoms with E-state index in [2.05, 4.69) is 12.2 Å². The van der Waals surface area contributed by atoms with Crippen molar-refractivity contribution < 1.29 is 14.0 Å². The molecule has 1 saturated heterocycles. The summed E-state index contributed by atoms with van der Waals surface area (Å²) in [6.45, 7) is 7.28. The van der Waals surface area contributed by atoms with Gasteiger partial charge in [0.05, 0.1) is 5.92 Å². The Kier molecular flexibility index (Phi) is 6.35. The smallest absolute Gasteiger partial charge is 0.225 e. The normalized spacial score (nSPS) is 20.5. The number of nitrogens with zero attached hydrogens (tertiary/aromatic N) is 1. The Morgan fingerprint density at radius 1 is 1.33 bits per heavy atom. The van der Waals surface area contributed by atoms with Crippen LogP contribution in [0.2, 0.25) is 0 Å². The summed E-state index contributed by atoms with van der Waals surface area (Å²) < 4.78 is 13.6. The Morgan fingerprint density at radius 3 is 2.71 bits per heavy atom. The summed E-state index contributed by atoms with van der Waals surface area (Å²) in [6, 6.07) is 6.36. The highest BCUT2D eigenvalue weighted by atomic mass is 19.1. The van der Waals surface area contributed by atoms with Gasteiger partial charge in [-0.1, -0.05) is 39.3 Å². The maximum atomic E-state index is 13.6. The monoisotopic (exact) mass is 334 g/mol. The summed E-state index contributed by atoms with van der Waals surface area (Å²) in [4.78, 5) is 26.7. The molecular weight excluding hydrogens is 307 g/mol. The van der Waals surface area contributed by atoms with Gasteiger partial charge in [0.15, 0.2) is 0 Å². The topological polar surface area (TPSA) is 49.4 Å². The number of benzene rings is 1. The highest BCUT2D eigenvalue weighted by molar-refractivity contribution is 5.84. The minimum absolute atomic E-state index is 0.0419. The fraction of sp³-hybridized carbons (Fsp3) is 0.579. The molecule has 24 heavy (non-hydrogen) atoms. The molecule has 1 fully saturated rings. The van der Waals surface area contributed by atoms with Crippen molar-refractivity contribution in [2.45, 2.75) is 39.5 Å². The number of carbonyl (C=O) groups is 2. The molecule has 0 aliphatic carbocycles. The lowest BCUT2D eigenvalue weighted by Gasteiger charge is -2.18. The number of unbranched alkanes of at least 4 members (excludes halogenated alkanes) is 1. The summed E-state index contributed by atoms with van der Waals surface area (Å²) in [5, 5.41) is 2.96. The van der Waals surface area contributed by atoms with E-state index in [0.717, 1.165) is 18.4 Å². The number of hydrogen-bond acceptors (Lipinski definition) is 2. The van der Waals surface area contributed by atoms with Crippen LogP contribution >= 0.6 is 0 Å². The molecule has 5 heteroatoms. The number of amides is 2. The standard InChI is InChI=1S/C19H27FN2O2/c1-4-5-9-21-18(23)17-12-22(19(24)13(2)3)11-16(17)14-7-6-8-15(20)10-14/h6-8,10,13,16-17H,4-5,9,11-12H2,1-3H3,(H,21,23)/t16-,17-/m0/s1. The molecule has 1 aliphatic rings. The van der Waals surface area contributed by atoms with Gasteiger partial charge in [-0.05, 0) is 24.1 Å². The van der Waals surface area contributed by atoms with Gasteiger partial charge in [0.25, 0.3) is 0 Å². The van der Waals surface area contributed by atoms with Crippen LogP contribution in [0, 0.1) is 17.7 Å². The van der Waals surface area contributed by atoms with Gasteiger partial charge in [0.2, 0.25) is 11.8 Å². The lowest BCUT2D eigenvalue weighted by atomic mass is 9.88. The molecular formula is C19H27FN2O2. The van der Waals surface area contributed by atoms with Gasteiger partial charge < -0.3 is 10.2 Å². The lowest BCUT2D eigenvalue weighted by Crippen LogP contribution is -2.36. The molecule has 4 nitrogen and oxygen atoms in total. The van der Waals surface area contributed by atoms with E-state index in [1.54, 1.807) is 11.0 Å². The molecule has 1 aliphatic heterocycles. The predicted octanol–water partition coefficient (Wildman–Crippen LogP) is 2.94. The number of hydrogen-bond donors (Lipinski definition) is 1. The maximum Gasteiger partial charge on any atom is 0.225 e. The average molecular weight is 334 g/mol. The number of halogens is 1. The molecule has 1 aromatic rings. The zero-order valence-electron chi connectivity index (χ0n) is 14.7. The molecule has 2 amide bonds. The Labute approximate surface area is 143 Å². The number of carbonyl (C=O) groups excluding carboxylic acids is 2. The molecule has 0 unspecified atom stereocenters. The number of likely N-dealkylation sites (tertiary alicyclic amines) is 1. The molecule has 0 aromatic heterocycles. The van der Waals surface area contributed by atoms with Gasteiger partial charge in [-0.3, -0.25) is 9.59 Å². The van der Waals surface area contributed by atoms with Crippen molar-refractivity contribution in [1.29, 1.82) is 0 Å². The Morgan fingerprint density at radius 2 is 2.08 bits per heavy atom. The molecule has 132 valence electrons. The van der Waals surface area contributed by atoms with E-state index in [0.29, 0.717) is 19.6 Å². The second-order valence-electron chi connectivity index (χ2n) is 6.81. The predicted molar refractivity (Wildman–Crippen MR) is 92.0 cm³/mol. The van der Waals surface area contributed by atoms with Crippen molar-refractivity contribution >= 4 is 11.8 Å². The third-order valence-corrected chi connectivity index (χ3v) is 4.57. The van der Waals surface area contributed by atoms with Crippen LogP contribution in [0.5, 0.6) is 0 Å². The number of rotatable bonds is 6. The zero-order valence-corrected chi connectivity index (χ0v) is 14.7. The maximum absolute atomic E-state index is 13.6. The van der Waals surface area contributed by atoms with Gasteiger partial charge in [-0.15, -0.1) is 0 Å². The summed E-state index contributed by atoms with van der Waals surface area (Å²) in [5.74, 6) is -0.917. The largest absolute Gasteiger partial charge is 0.356 e. The molecule has 0 bridgehead atoms. The second kappa shape index (κ2) is 8.27. The van der Waals surface area contributed by atoms with Crippen LogP contribution in [0.15, 0.2) is 24.3 Å². The van der Waals surface area contributed by atoms with E-state index < -0.39 is 0 Å². The molecule has 1 heterocycles. The molecule has 0 spiro atoms. The highest BCUT2D eigenvalue weighted by Gasteiger charge is 2.40. The highest BCUT2D eigenvalue weighted by Crippen LogP contribution is 2.34. The second-order valence-corrected chi connectivity index (χ2v) is 6.81. The SMILES string of the molecule is CCCCNC(=O)[C@H]1CN(C(=O)C(C)C)C[C@H]1c1cccc(F)c1. The van der Waals surface area contributed by atoms with Crippen molar-refractivity contribution in [2.24, 2.45) is 11.8 Å². The van der Waals surface area contributed by atoms with E-state index in [4.69, 9.17) is 0 Å². The minimum Gasteiger partial charge on any atom is -0.356 e. The molecule has 1 aromatic carbocycles. The van der Waals surface area contributed by atoms with Gasteiger partial charge in [0.1, 0.15) is 5.82 Å². The van der Waals surface area contributed by atoms with Gasteiger partial charge in [-0.25, -0.2) is 4.39 Å². The van der Waals surface area contributed by atoms with Crippen molar-refractivity contribution in [2.75, 3.05) is 19.6 Å². The molecule has 1 N–H and O–H groups in total. The van der Waals surface area contributed by atoms with Crippen molar-refractivity contribution in [3.8, 4) is 0 Å². The van der Waals surface area contributed by atoms with Gasteiger partial charge in [-0.2, -0.15) is 0 Å². The van der Waals surface area contributed by atoms with Crippen LogP contribution < -0.4 is 5.32 Å². The third-order valence-electron chi connectivity index (χ3n) is 4.57. The van der Waals surface area contributed by atoms with Gasteiger partial charge in [0, 0.05) is 31.5 Å². The van der Waals surface area contributed by atoms with Crippen LogP contribution in [0.4, 0.5) is 4.39 Å². The summed E-state index contributed by atoms with van der Waals surface area (Å²) in [7, 11) is 0. The molecule has 0 radical (unpaired) electrons. The van der Waals surface area contributed by atoms with Crippen LogP contribution in [-0.2, 0) is 9.59 Å². The van der Waals surface area contributed by atoms with E-state index in [-0.39, 0.29) is 35.4 Å². The van der Waals surface area contributed by atoms with E-state index in [9.17, 15) is 14.0 Å².